The van der Waals surface area contributed by atoms with Gasteiger partial charge < -0.3 is 24.5 Å². The van der Waals surface area contributed by atoms with Crippen molar-refractivity contribution in [3.05, 3.63) is 94.7 Å². The van der Waals surface area contributed by atoms with Crippen molar-refractivity contribution in [2.24, 2.45) is 0 Å². The van der Waals surface area contributed by atoms with Gasteiger partial charge in [-0.05, 0) is 42.3 Å². The second-order valence-electron chi connectivity index (χ2n) is 8.01. The number of aromatic carboxylic acids is 1. The summed E-state index contributed by atoms with van der Waals surface area (Å²) in [6.45, 7) is 3.43. The summed E-state index contributed by atoms with van der Waals surface area (Å²) in [6, 6.07) is 21.7. The molecule has 3 aromatic carbocycles. The average molecular weight is 445 g/mol. The molecule has 0 aliphatic heterocycles. The second kappa shape index (κ2) is 9.79. The third-order valence-electron chi connectivity index (χ3n) is 5.82. The van der Waals surface area contributed by atoms with Gasteiger partial charge in [0.2, 0.25) is 0 Å². The van der Waals surface area contributed by atoms with Crippen LogP contribution in [0.5, 0.6) is 11.5 Å². The maximum atomic E-state index is 12.4. The molecule has 0 amide bonds. The largest absolute Gasteiger partial charge is 0.497 e. The minimum Gasteiger partial charge on any atom is -0.497 e. The van der Waals surface area contributed by atoms with Crippen LogP contribution in [0.25, 0.3) is 10.9 Å². The maximum Gasteiger partial charge on any atom is 0.352 e. The van der Waals surface area contributed by atoms with Crippen LogP contribution in [0.2, 0.25) is 0 Å². The highest BCUT2D eigenvalue weighted by molar-refractivity contribution is 5.98. The zero-order valence-corrected chi connectivity index (χ0v) is 19.1. The lowest BCUT2D eigenvalue weighted by Gasteiger charge is -2.12. The molecule has 0 aliphatic rings. The molecular formula is C27H28N2O4. The molecule has 0 saturated carbocycles. The van der Waals surface area contributed by atoms with Crippen LogP contribution < -0.4 is 14.8 Å². The molecule has 170 valence electrons. The molecule has 0 bridgehead atoms. The Labute approximate surface area is 193 Å². The molecule has 0 fully saturated rings. The van der Waals surface area contributed by atoms with E-state index in [2.05, 4.69) is 11.4 Å². The highest BCUT2D eigenvalue weighted by Gasteiger charge is 2.22. The van der Waals surface area contributed by atoms with Gasteiger partial charge in [-0.1, -0.05) is 42.5 Å². The molecule has 4 rings (SSSR count). The number of hydrogen-bond donors (Lipinski definition) is 2. The van der Waals surface area contributed by atoms with Crippen LogP contribution in [0.3, 0.4) is 0 Å². The number of ether oxygens (including phenoxy) is 2. The van der Waals surface area contributed by atoms with Gasteiger partial charge in [-0.15, -0.1) is 0 Å². The van der Waals surface area contributed by atoms with Crippen LogP contribution in [0.15, 0.2) is 66.7 Å². The number of carboxylic acid groups (broad SMARTS) is 1. The summed E-state index contributed by atoms with van der Waals surface area (Å²) in [4.78, 5) is 12.4. The molecule has 1 aromatic heterocycles. The van der Waals surface area contributed by atoms with Crippen molar-refractivity contribution in [1.82, 2.24) is 9.88 Å². The first-order chi connectivity index (χ1) is 16.0. The van der Waals surface area contributed by atoms with Gasteiger partial charge >= 0.3 is 5.97 Å². The molecule has 6 nitrogen and oxygen atoms in total. The molecule has 0 aliphatic carbocycles. The molecule has 6 heteroatoms. The Morgan fingerprint density at radius 3 is 2.45 bits per heavy atom. The van der Waals surface area contributed by atoms with E-state index in [0.29, 0.717) is 25.3 Å². The highest BCUT2D eigenvalue weighted by atomic mass is 16.5. The predicted octanol–water partition coefficient (Wildman–Crippen LogP) is 5.00. The SMILES string of the molecule is COc1ccc(OC)c(CNCc2c(C(=O)O)n(Cc3ccccc3)c3cc(C)ccc23)c1. The Morgan fingerprint density at radius 1 is 0.970 bits per heavy atom. The summed E-state index contributed by atoms with van der Waals surface area (Å²) >= 11 is 0. The fraction of sp³-hybridized carbons (Fsp3) is 0.222. The van der Waals surface area contributed by atoms with Crippen molar-refractivity contribution in [2.75, 3.05) is 14.2 Å². The van der Waals surface area contributed by atoms with E-state index in [-0.39, 0.29) is 0 Å². The Hall–Kier alpha value is -3.77. The van der Waals surface area contributed by atoms with Gasteiger partial charge in [0.1, 0.15) is 17.2 Å². The number of hydrogen-bond acceptors (Lipinski definition) is 4. The van der Waals surface area contributed by atoms with Crippen LogP contribution in [0.4, 0.5) is 0 Å². The number of fused-ring (bicyclic) bond motifs is 1. The molecule has 0 atom stereocenters. The fourth-order valence-corrected chi connectivity index (χ4v) is 4.23. The Bertz CT molecular complexity index is 1280. The van der Waals surface area contributed by atoms with Gasteiger partial charge in [0, 0.05) is 41.7 Å². The molecule has 0 saturated heterocycles. The summed E-state index contributed by atoms with van der Waals surface area (Å²) in [5, 5.41) is 14.5. The zero-order chi connectivity index (χ0) is 23.4. The third-order valence-corrected chi connectivity index (χ3v) is 5.82. The number of aromatic nitrogens is 1. The zero-order valence-electron chi connectivity index (χ0n) is 19.1. The minimum absolute atomic E-state index is 0.310. The molecule has 0 unspecified atom stereocenters. The topological polar surface area (TPSA) is 72.7 Å². The second-order valence-corrected chi connectivity index (χ2v) is 8.01. The van der Waals surface area contributed by atoms with E-state index in [1.165, 1.54) is 0 Å². The smallest absolute Gasteiger partial charge is 0.352 e. The minimum atomic E-state index is -0.935. The van der Waals surface area contributed by atoms with E-state index in [9.17, 15) is 9.90 Å². The number of rotatable bonds is 9. The Balaban J connectivity index is 1.70. The first-order valence-electron chi connectivity index (χ1n) is 10.8. The monoisotopic (exact) mass is 444 g/mol. The number of carbonyl (C=O) groups is 1. The third kappa shape index (κ3) is 4.71. The molecule has 0 radical (unpaired) electrons. The van der Waals surface area contributed by atoms with Gasteiger partial charge in [0.05, 0.1) is 14.2 Å². The first kappa shape index (κ1) is 22.4. The number of methoxy groups -OCH3 is 2. The summed E-state index contributed by atoms with van der Waals surface area (Å²) in [5.74, 6) is 0.563. The summed E-state index contributed by atoms with van der Waals surface area (Å²) in [5.41, 5.74) is 5.09. The van der Waals surface area contributed by atoms with E-state index in [0.717, 1.165) is 44.7 Å². The Kier molecular flexibility index (Phi) is 6.66. The average Bonchev–Trinajstić information content (AvgIpc) is 3.12. The quantitative estimate of drug-likeness (QED) is 0.380. The van der Waals surface area contributed by atoms with Crippen molar-refractivity contribution >= 4 is 16.9 Å². The van der Waals surface area contributed by atoms with Crippen LogP contribution in [0, 0.1) is 6.92 Å². The van der Waals surface area contributed by atoms with Crippen molar-refractivity contribution < 1.29 is 19.4 Å². The molecular weight excluding hydrogens is 416 g/mol. The molecule has 1 heterocycles. The molecule has 2 N–H and O–H groups in total. The predicted molar refractivity (Wildman–Crippen MR) is 129 cm³/mol. The fourth-order valence-electron chi connectivity index (χ4n) is 4.23. The van der Waals surface area contributed by atoms with Crippen LogP contribution >= 0.6 is 0 Å². The lowest BCUT2D eigenvalue weighted by molar-refractivity contribution is 0.0684. The Morgan fingerprint density at radius 2 is 1.76 bits per heavy atom. The summed E-state index contributed by atoms with van der Waals surface area (Å²) < 4.78 is 12.7. The first-order valence-corrected chi connectivity index (χ1v) is 10.8. The molecule has 33 heavy (non-hydrogen) atoms. The number of nitrogens with zero attached hydrogens (tertiary/aromatic N) is 1. The van der Waals surface area contributed by atoms with Gasteiger partial charge in [0.25, 0.3) is 0 Å². The van der Waals surface area contributed by atoms with E-state index < -0.39 is 5.97 Å². The highest BCUT2D eigenvalue weighted by Crippen LogP contribution is 2.29. The summed E-state index contributed by atoms with van der Waals surface area (Å²) in [6.07, 6.45) is 0. The molecule has 4 aromatic rings. The number of nitrogens with one attached hydrogen (secondary N) is 1. The van der Waals surface area contributed by atoms with Crippen molar-refractivity contribution in [1.29, 1.82) is 0 Å². The van der Waals surface area contributed by atoms with Crippen molar-refractivity contribution in [3.8, 4) is 11.5 Å². The molecule has 0 spiro atoms. The number of benzene rings is 3. The number of carboxylic acids is 1. The van der Waals surface area contributed by atoms with E-state index in [4.69, 9.17) is 9.47 Å². The van der Waals surface area contributed by atoms with Gasteiger partial charge in [-0.3, -0.25) is 0 Å². The van der Waals surface area contributed by atoms with Gasteiger partial charge in [-0.2, -0.15) is 0 Å². The van der Waals surface area contributed by atoms with Gasteiger partial charge in [-0.25, -0.2) is 4.79 Å². The van der Waals surface area contributed by atoms with Crippen molar-refractivity contribution in [2.45, 2.75) is 26.6 Å². The standard InChI is InChI=1S/C27H28N2O4/c1-18-9-11-22-23(16-28-15-20-14-21(32-2)10-12-25(20)33-3)26(27(30)31)29(24(22)13-18)17-19-7-5-4-6-8-19/h4-14,28H,15-17H2,1-3H3,(H,30,31). The van der Waals surface area contributed by atoms with Crippen LogP contribution in [-0.4, -0.2) is 29.9 Å². The van der Waals surface area contributed by atoms with Gasteiger partial charge in [0.15, 0.2) is 0 Å². The number of aryl methyl sites for hydroxylation is 1. The lowest BCUT2D eigenvalue weighted by Crippen LogP contribution is -2.17. The van der Waals surface area contributed by atoms with Crippen molar-refractivity contribution in [3.63, 3.8) is 0 Å². The maximum absolute atomic E-state index is 12.4. The lowest BCUT2D eigenvalue weighted by atomic mass is 10.1. The van der Waals surface area contributed by atoms with E-state index >= 15 is 0 Å². The van der Waals surface area contributed by atoms with E-state index in [1.54, 1.807) is 14.2 Å². The van der Waals surface area contributed by atoms with E-state index in [1.807, 2.05) is 72.2 Å². The summed E-state index contributed by atoms with van der Waals surface area (Å²) in [7, 11) is 3.26. The normalized spacial score (nSPS) is 11.0. The van der Waals surface area contributed by atoms with Crippen LogP contribution in [-0.2, 0) is 19.6 Å². The van der Waals surface area contributed by atoms with Crippen LogP contribution in [0.1, 0.15) is 32.7 Å².